The number of rotatable bonds is 3. The third-order valence-electron chi connectivity index (χ3n) is 2.34. The van der Waals surface area contributed by atoms with Crippen LogP contribution in [0.5, 0.6) is 0 Å². The van der Waals surface area contributed by atoms with Crippen molar-refractivity contribution in [3.8, 4) is 11.6 Å². The highest BCUT2D eigenvalue weighted by Gasteiger charge is 2.09. The van der Waals surface area contributed by atoms with Crippen molar-refractivity contribution in [3.05, 3.63) is 34.8 Å². The van der Waals surface area contributed by atoms with Crippen molar-refractivity contribution in [2.45, 2.75) is 26.7 Å². The average molecular weight is 237 g/mol. The van der Waals surface area contributed by atoms with E-state index >= 15 is 0 Å². The number of furan rings is 1. The molecule has 0 fully saturated rings. The van der Waals surface area contributed by atoms with Crippen LogP contribution in [0.25, 0.3) is 11.6 Å². The molecule has 0 aromatic carbocycles. The van der Waals surface area contributed by atoms with Crippen LogP contribution in [0.15, 0.2) is 22.6 Å². The van der Waals surface area contributed by atoms with E-state index in [1.807, 2.05) is 26.0 Å². The Morgan fingerprint density at radius 2 is 2.00 bits per heavy atom. The van der Waals surface area contributed by atoms with Crippen LogP contribution in [0.1, 0.15) is 25.3 Å². The molecular formula is C12H13ClN2O. The van der Waals surface area contributed by atoms with Crippen LogP contribution in [-0.2, 0) is 12.8 Å². The quantitative estimate of drug-likeness (QED) is 0.766. The summed E-state index contributed by atoms with van der Waals surface area (Å²) in [5, 5.41) is 0.455. The fourth-order valence-electron chi connectivity index (χ4n) is 1.44. The molecule has 0 spiro atoms. The fourth-order valence-corrected chi connectivity index (χ4v) is 1.65. The van der Waals surface area contributed by atoms with Gasteiger partial charge in [-0.3, -0.25) is 0 Å². The molecule has 0 saturated carbocycles. The monoisotopic (exact) mass is 236 g/mol. The highest BCUT2D eigenvalue weighted by molar-refractivity contribution is 6.29. The first-order valence-corrected chi connectivity index (χ1v) is 5.73. The maximum absolute atomic E-state index is 5.93. The first-order valence-electron chi connectivity index (χ1n) is 5.35. The van der Waals surface area contributed by atoms with Gasteiger partial charge in [0.05, 0.1) is 0 Å². The Bertz CT molecular complexity index is 494. The minimum absolute atomic E-state index is 0.455. The van der Waals surface area contributed by atoms with Gasteiger partial charge in [0, 0.05) is 12.1 Å². The summed E-state index contributed by atoms with van der Waals surface area (Å²) < 4.78 is 5.59. The molecule has 4 heteroatoms. The molecule has 0 aliphatic carbocycles. The minimum atomic E-state index is 0.455. The topological polar surface area (TPSA) is 38.9 Å². The molecular weight excluding hydrogens is 224 g/mol. The molecule has 0 atom stereocenters. The predicted octanol–water partition coefficient (Wildman–Crippen LogP) is 3.51. The molecule has 0 amide bonds. The molecule has 3 nitrogen and oxygen atoms in total. The number of hydrogen-bond donors (Lipinski definition) is 0. The smallest absolute Gasteiger partial charge is 0.197 e. The van der Waals surface area contributed by atoms with Gasteiger partial charge in [0.25, 0.3) is 0 Å². The van der Waals surface area contributed by atoms with Crippen LogP contribution in [0, 0.1) is 0 Å². The van der Waals surface area contributed by atoms with Crippen molar-refractivity contribution in [1.29, 1.82) is 0 Å². The Balaban J connectivity index is 2.42. The van der Waals surface area contributed by atoms with Crippen molar-refractivity contribution in [2.24, 2.45) is 0 Å². The lowest BCUT2D eigenvalue weighted by atomic mass is 10.3. The number of hydrogen-bond acceptors (Lipinski definition) is 3. The highest BCUT2D eigenvalue weighted by Crippen LogP contribution is 2.21. The van der Waals surface area contributed by atoms with Gasteiger partial charge in [0.15, 0.2) is 11.6 Å². The first-order chi connectivity index (χ1) is 7.72. The highest BCUT2D eigenvalue weighted by atomic mass is 35.5. The van der Waals surface area contributed by atoms with Gasteiger partial charge in [0.2, 0.25) is 0 Å². The molecule has 0 saturated heterocycles. The third kappa shape index (κ3) is 2.25. The Hall–Kier alpha value is -1.35. The Kier molecular flexibility index (Phi) is 3.25. The van der Waals surface area contributed by atoms with Crippen molar-refractivity contribution in [1.82, 2.24) is 9.97 Å². The predicted molar refractivity (Wildman–Crippen MR) is 63.5 cm³/mol. The van der Waals surface area contributed by atoms with Crippen molar-refractivity contribution >= 4 is 11.6 Å². The number of halogens is 1. The van der Waals surface area contributed by atoms with Gasteiger partial charge in [0.1, 0.15) is 10.9 Å². The molecule has 0 radical (unpaired) electrons. The van der Waals surface area contributed by atoms with Crippen molar-refractivity contribution in [3.63, 3.8) is 0 Å². The summed E-state index contributed by atoms with van der Waals surface area (Å²) in [5.41, 5.74) is 0.921. The summed E-state index contributed by atoms with van der Waals surface area (Å²) >= 11 is 5.93. The molecule has 0 bridgehead atoms. The lowest BCUT2D eigenvalue weighted by Crippen LogP contribution is -1.93. The molecule has 16 heavy (non-hydrogen) atoms. The normalized spacial score (nSPS) is 10.7. The largest absolute Gasteiger partial charge is 0.458 e. The second-order valence-corrected chi connectivity index (χ2v) is 3.87. The average Bonchev–Trinajstić information content (AvgIpc) is 2.76. The molecule has 2 heterocycles. The summed E-state index contributed by atoms with van der Waals surface area (Å²) in [5.74, 6) is 2.16. The Labute approximate surface area is 99.5 Å². The molecule has 2 rings (SSSR count). The van der Waals surface area contributed by atoms with Gasteiger partial charge >= 0.3 is 0 Å². The maximum atomic E-state index is 5.93. The molecule has 84 valence electrons. The van der Waals surface area contributed by atoms with E-state index < -0.39 is 0 Å². The van der Waals surface area contributed by atoms with Gasteiger partial charge in [-0.1, -0.05) is 25.4 Å². The van der Waals surface area contributed by atoms with Gasteiger partial charge in [-0.25, -0.2) is 9.97 Å². The number of nitrogens with zero attached hydrogens (tertiary/aromatic N) is 2. The standard InChI is InChI=1S/C12H13ClN2O/c1-3-8-7-11(13)15-12(14-8)10-6-5-9(4-2)16-10/h5-7H,3-4H2,1-2H3. The van der Waals surface area contributed by atoms with Gasteiger partial charge in [-0.2, -0.15) is 0 Å². The lowest BCUT2D eigenvalue weighted by molar-refractivity contribution is 0.525. The minimum Gasteiger partial charge on any atom is -0.458 e. The summed E-state index contributed by atoms with van der Waals surface area (Å²) in [6, 6.07) is 5.59. The van der Waals surface area contributed by atoms with E-state index in [1.54, 1.807) is 6.07 Å². The van der Waals surface area contributed by atoms with Crippen LogP contribution in [0.2, 0.25) is 5.15 Å². The second kappa shape index (κ2) is 4.66. The van der Waals surface area contributed by atoms with E-state index in [2.05, 4.69) is 9.97 Å². The van der Waals surface area contributed by atoms with Crippen LogP contribution in [-0.4, -0.2) is 9.97 Å². The zero-order chi connectivity index (χ0) is 11.5. The van der Waals surface area contributed by atoms with Gasteiger partial charge in [-0.15, -0.1) is 0 Å². The molecule has 2 aromatic heterocycles. The van der Waals surface area contributed by atoms with Crippen molar-refractivity contribution in [2.75, 3.05) is 0 Å². The van der Waals surface area contributed by atoms with Crippen molar-refractivity contribution < 1.29 is 4.42 Å². The lowest BCUT2D eigenvalue weighted by Gasteiger charge is -2.00. The first kappa shape index (κ1) is 11.1. The van der Waals surface area contributed by atoms with Crippen LogP contribution >= 0.6 is 11.6 Å². The Morgan fingerprint density at radius 1 is 1.19 bits per heavy atom. The maximum Gasteiger partial charge on any atom is 0.197 e. The zero-order valence-corrected chi connectivity index (χ0v) is 10.1. The summed E-state index contributed by atoms with van der Waals surface area (Å²) in [6.45, 7) is 4.07. The number of aromatic nitrogens is 2. The molecule has 2 aromatic rings. The summed E-state index contributed by atoms with van der Waals surface area (Å²) in [7, 11) is 0. The number of aryl methyl sites for hydroxylation is 2. The molecule has 0 aliphatic heterocycles. The second-order valence-electron chi connectivity index (χ2n) is 3.48. The van der Waals surface area contributed by atoms with Gasteiger partial charge in [-0.05, 0) is 24.6 Å². The molecule has 0 aliphatic rings. The van der Waals surface area contributed by atoms with E-state index in [1.165, 1.54) is 0 Å². The summed E-state index contributed by atoms with van der Waals surface area (Å²) in [6.07, 6.45) is 1.69. The Morgan fingerprint density at radius 3 is 2.62 bits per heavy atom. The molecule has 0 N–H and O–H groups in total. The SMILES string of the molecule is CCc1cc(Cl)nc(-c2ccc(CC)o2)n1. The van der Waals surface area contributed by atoms with Crippen LogP contribution < -0.4 is 0 Å². The van der Waals surface area contributed by atoms with E-state index in [9.17, 15) is 0 Å². The van der Waals surface area contributed by atoms with E-state index in [0.29, 0.717) is 16.7 Å². The third-order valence-corrected chi connectivity index (χ3v) is 2.53. The fraction of sp³-hybridized carbons (Fsp3) is 0.333. The van der Waals surface area contributed by atoms with E-state index in [4.69, 9.17) is 16.0 Å². The van der Waals surface area contributed by atoms with E-state index in [0.717, 1.165) is 24.3 Å². The van der Waals surface area contributed by atoms with Gasteiger partial charge < -0.3 is 4.42 Å². The van der Waals surface area contributed by atoms with Crippen LogP contribution in [0.3, 0.4) is 0 Å². The van der Waals surface area contributed by atoms with Crippen LogP contribution in [0.4, 0.5) is 0 Å². The zero-order valence-electron chi connectivity index (χ0n) is 9.33. The molecule has 0 unspecified atom stereocenters. The summed E-state index contributed by atoms with van der Waals surface area (Å²) in [4.78, 5) is 8.54. The van der Waals surface area contributed by atoms with E-state index in [-0.39, 0.29) is 0 Å².